The van der Waals surface area contributed by atoms with Crippen LogP contribution in [-0.2, 0) is 0 Å². The zero-order chi connectivity index (χ0) is 12.5. The molecule has 3 rings (SSSR count). The minimum Gasteiger partial charge on any atom is -0.131 e. The molecule has 0 aromatic heterocycles. The molecule has 3 aliphatic carbocycles. The zero-order valence-corrected chi connectivity index (χ0v) is 12.9. The molecule has 0 radical (unpaired) electrons. The second kappa shape index (κ2) is 3.09. The molecule has 1 heteroatoms. The highest BCUT2D eigenvalue weighted by Gasteiger charge is 2.96. The van der Waals surface area contributed by atoms with Gasteiger partial charge in [0.1, 0.15) is 8.07 Å². The van der Waals surface area contributed by atoms with E-state index in [1.807, 2.05) is 0 Å². The lowest BCUT2D eigenvalue weighted by Gasteiger charge is -2.25. The van der Waals surface area contributed by atoms with Gasteiger partial charge in [0.25, 0.3) is 0 Å². The Morgan fingerprint density at radius 2 is 1.76 bits per heavy atom. The Kier molecular flexibility index (Phi) is 2.11. The molecule has 0 aromatic carbocycles. The molecule has 0 heterocycles. The smallest absolute Gasteiger partial charge is 0.129 e. The maximum absolute atomic E-state index is 3.76. The van der Waals surface area contributed by atoms with Gasteiger partial charge in [-0.05, 0) is 38.5 Å². The third kappa shape index (κ3) is 1.31. The molecule has 17 heavy (non-hydrogen) atoms. The zero-order valence-electron chi connectivity index (χ0n) is 11.9. The average molecular weight is 244 g/mol. The molecular formula is C16H24Si. The molecule has 3 aliphatic rings. The average Bonchev–Trinajstić information content (AvgIpc) is 2.99. The van der Waals surface area contributed by atoms with Crippen molar-refractivity contribution < 1.29 is 0 Å². The number of allylic oxidation sites excluding steroid dienone is 2. The van der Waals surface area contributed by atoms with E-state index in [-0.39, 0.29) is 0 Å². The summed E-state index contributed by atoms with van der Waals surface area (Å²) in [7, 11) is -1.20. The van der Waals surface area contributed by atoms with Gasteiger partial charge in [0.15, 0.2) is 0 Å². The summed E-state index contributed by atoms with van der Waals surface area (Å²) < 4.78 is 0. The second-order valence-corrected chi connectivity index (χ2v) is 12.3. The van der Waals surface area contributed by atoms with Crippen molar-refractivity contribution in [2.45, 2.75) is 52.8 Å². The first-order valence-electron chi connectivity index (χ1n) is 7.05. The molecule has 0 N–H and O–H groups in total. The molecule has 3 saturated carbocycles. The molecule has 0 aliphatic heterocycles. The lowest BCUT2D eigenvalue weighted by atomic mass is 9.79. The summed E-state index contributed by atoms with van der Waals surface area (Å²) in [5, 5.41) is 0. The van der Waals surface area contributed by atoms with Crippen LogP contribution in [0.15, 0.2) is 11.6 Å². The van der Waals surface area contributed by atoms with Gasteiger partial charge in [0.2, 0.25) is 0 Å². The molecule has 2 unspecified atom stereocenters. The van der Waals surface area contributed by atoms with Gasteiger partial charge in [0.05, 0.1) is 0 Å². The van der Waals surface area contributed by atoms with Crippen LogP contribution in [0.25, 0.3) is 0 Å². The molecule has 0 bridgehead atoms. The molecule has 0 amide bonds. The maximum Gasteiger partial charge on any atom is 0.129 e. The lowest BCUT2D eigenvalue weighted by molar-refractivity contribution is 0.277. The van der Waals surface area contributed by atoms with Crippen molar-refractivity contribution in [3.8, 4) is 11.5 Å². The minimum atomic E-state index is -1.20. The monoisotopic (exact) mass is 244 g/mol. The molecule has 92 valence electrons. The highest BCUT2D eigenvalue weighted by molar-refractivity contribution is 6.83. The van der Waals surface area contributed by atoms with E-state index in [1.54, 1.807) is 0 Å². The Balaban J connectivity index is 1.91. The predicted molar refractivity (Wildman–Crippen MR) is 76.3 cm³/mol. The summed E-state index contributed by atoms with van der Waals surface area (Å²) in [6, 6.07) is 0. The van der Waals surface area contributed by atoms with Gasteiger partial charge >= 0.3 is 0 Å². The van der Waals surface area contributed by atoms with Crippen LogP contribution < -0.4 is 0 Å². The summed E-state index contributed by atoms with van der Waals surface area (Å²) in [5.74, 6) is 5.61. The summed E-state index contributed by atoms with van der Waals surface area (Å²) >= 11 is 0. The number of rotatable bonds is 1. The van der Waals surface area contributed by atoms with Gasteiger partial charge in [0, 0.05) is 10.8 Å². The fourth-order valence-corrected chi connectivity index (χ4v) is 5.06. The van der Waals surface area contributed by atoms with E-state index >= 15 is 0 Å². The molecule has 2 atom stereocenters. The van der Waals surface area contributed by atoms with E-state index in [9.17, 15) is 0 Å². The molecule has 0 aromatic rings. The van der Waals surface area contributed by atoms with Gasteiger partial charge in [-0.1, -0.05) is 37.7 Å². The van der Waals surface area contributed by atoms with Gasteiger partial charge in [-0.15, -0.1) is 11.5 Å². The largest absolute Gasteiger partial charge is 0.131 e. The minimum absolute atomic E-state index is 0.461. The van der Waals surface area contributed by atoms with Crippen molar-refractivity contribution in [2.75, 3.05) is 0 Å². The van der Waals surface area contributed by atoms with E-state index < -0.39 is 8.07 Å². The quantitative estimate of drug-likeness (QED) is 0.367. The van der Waals surface area contributed by atoms with Crippen molar-refractivity contribution in [1.29, 1.82) is 0 Å². The van der Waals surface area contributed by atoms with Crippen molar-refractivity contribution in [3.63, 3.8) is 0 Å². The number of hydrogen-bond acceptors (Lipinski definition) is 0. The Morgan fingerprint density at radius 3 is 2.24 bits per heavy atom. The number of hydrogen-bond donors (Lipinski definition) is 0. The van der Waals surface area contributed by atoms with Gasteiger partial charge in [-0.2, -0.15) is 0 Å². The van der Waals surface area contributed by atoms with E-state index in [0.29, 0.717) is 10.8 Å². The first-order valence-corrected chi connectivity index (χ1v) is 10.5. The summed E-state index contributed by atoms with van der Waals surface area (Å²) in [4.78, 5) is 0. The van der Waals surface area contributed by atoms with Crippen LogP contribution in [0.3, 0.4) is 0 Å². The third-order valence-corrected chi connectivity index (χ3v) is 5.83. The van der Waals surface area contributed by atoms with E-state index in [4.69, 9.17) is 0 Å². The van der Waals surface area contributed by atoms with E-state index in [0.717, 1.165) is 11.8 Å². The SMILES string of the molecule is CC(C)=CC12C3CCCC1C32C#C[Si](C)(C)C. The Hall–Kier alpha value is -0.483. The van der Waals surface area contributed by atoms with E-state index in [1.165, 1.54) is 24.8 Å². The van der Waals surface area contributed by atoms with Crippen LogP contribution in [0, 0.1) is 34.1 Å². The van der Waals surface area contributed by atoms with Crippen LogP contribution >= 0.6 is 0 Å². The first-order chi connectivity index (χ1) is 7.84. The second-order valence-electron chi connectivity index (χ2n) is 7.56. The Labute approximate surface area is 107 Å². The van der Waals surface area contributed by atoms with Crippen molar-refractivity contribution >= 4 is 8.07 Å². The highest BCUT2D eigenvalue weighted by atomic mass is 28.3. The van der Waals surface area contributed by atoms with E-state index in [2.05, 4.69) is 51.0 Å². The summed E-state index contributed by atoms with van der Waals surface area (Å²) in [6.45, 7) is 11.6. The standard InChI is InChI=1S/C16H24Si/c1-12(2)11-16-13-7-6-8-14(16)15(13,16)9-10-17(3,4)5/h11,13-14H,6-8H2,1-5H3. The maximum atomic E-state index is 3.76. The fourth-order valence-electron chi connectivity index (χ4n) is 4.48. The molecule has 0 saturated heterocycles. The lowest BCUT2D eigenvalue weighted by Crippen LogP contribution is -2.20. The molecule has 0 spiro atoms. The van der Waals surface area contributed by atoms with Gasteiger partial charge in [-0.25, -0.2) is 0 Å². The molecule has 0 nitrogen and oxygen atoms in total. The van der Waals surface area contributed by atoms with Crippen LogP contribution in [0.5, 0.6) is 0 Å². The van der Waals surface area contributed by atoms with Crippen LogP contribution in [0.2, 0.25) is 19.6 Å². The third-order valence-electron chi connectivity index (χ3n) is 4.96. The Bertz CT molecular complexity index is 436. The van der Waals surface area contributed by atoms with Crippen LogP contribution in [0.1, 0.15) is 33.1 Å². The fraction of sp³-hybridized carbons (Fsp3) is 0.750. The van der Waals surface area contributed by atoms with Crippen molar-refractivity contribution in [3.05, 3.63) is 11.6 Å². The normalized spacial score (nSPS) is 45.2. The van der Waals surface area contributed by atoms with Crippen molar-refractivity contribution in [1.82, 2.24) is 0 Å². The van der Waals surface area contributed by atoms with Crippen LogP contribution in [0.4, 0.5) is 0 Å². The van der Waals surface area contributed by atoms with Gasteiger partial charge in [-0.3, -0.25) is 0 Å². The molecular weight excluding hydrogens is 220 g/mol. The Morgan fingerprint density at radius 1 is 1.18 bits per heavy atom. The molecule has 3 fully saturated rings. The summed E-state index contributed by atoms with van der Waals surface area (Å²) in [5.41, 5.74) is 6.16. The number of fused-ring (bicyclic) bond motifs is 2. The van der Waals surface area contributed by atoms with Crippen molar-refractivity contribution in [2.24, 2.45) is 22.7 Å². The van der Waals surface area contributed by atoms with Gasteiger partial charge < -0.3 is 0 Å². The summed E-state index contributed by atoms with van der Waals surface area (Å²) in [6.07, 6.45) is 6.88. The first kappa shape index (κ1) is 11.6. The van der Waals surface area contributed by atoms with Crippen LogP contribution in [-0.4, -0.2) is 8.07 Å². The topological polar surface area (TPSA) is 0 Å². The highest BCUT2D eigenvalue weighted by Crippen LogP contribution is 2.98. The predicted octanol–water partition coefficient (Wildman–Crippen LogP) is 4.25.